The number of rotatable bonds is 4. The van der Waals surface area contributed by atoms with E-state index in [1.165, 1.54) is 38.3 Å². The van der Waals surface area contributed by atoms with E-state index in [2.05, 4.69) is 33.2 Å². The molecular weight excluding hydrogens is 325 g/mol. The molecule has 0 aliphatic carbocycles. The molecule has 1 aromatic heterocycles. The van der Waals surface area contributed by atoms with Gasteiger partial charge in [-0.15, -0.1) is 0 Å². The quantitative estimate of drug-likeness (QED) is 0.839. The van der Waals surface area contributed by atoms with Crippen molar-refractivity contribution in [1.82, 2.24) is 14.2 Å². The Labute approximate surface area is 148 Å². The maximum Gasteiger partial charge on any atom is 0.166 e. The second-order valence-corrected chi connectivity index (χ2v) is 8.39. The predicted octanol–water partition coefficient (Wildman–Crippen LogP) is 2.45. The molecule has 1 aromatic rings. The molecule has 134 valence electrons. The van der Waals surface area contributed by atoms with Gasteiger partial charge in [0, 0.05) is 24.4 Å². The Morgan fingerprint density at radius 1 is 1.17 bits per heavy atom. The molecule has 2 saturated heterocycles. The zero-order chi connectivity index (χ0) is 17.1. The van der Waals surface area contributed by atoms with Crippen molar-refractivity contribution in [3.63, 3.8) is 0 Å². The van der Waals surface area contributed by atoms with Gasteiger partial charge in [0.1, 0.15) is 0 Å². The van der Waals surface area contributed by atoms with Crippen LogP contribution in [0, 0.1) is 5.82 Å². The molecule has 3 heterocycles. The van der Waals surface area contributed by atoms with E-state index in [1.54, 1.807) is 0 Å². The van der Waals surface area contributed by atoms with Crippen LogP contribution in [0.1, 0.15) is 25.7 Å². The van der Waals surface area contributed by atoms with Gasteiger partial charge in [0.05, 0.1) is 23.8 Å². The molecule has 2 aliphatic heterocycles. The topological polar surface area (TPSA) is 48.6 Å². The summed E-state index contributed by atoms with van der Waals surface area (Å²) in [7, 11) is 4.43. The number of halogens is 1. The zero-order valence-corrected chi connectivity index (χ0v) is 15.4. The largest absolute Gasteiger partial charge is 0.396 e. The van der Waals surface area contributed by atoms with Gasteiger partial charge in [-0.05, 0) is 52.9 Å². The Kier molecular flexibility index (Phi) is 5.84. The van der Waals surface area contributed by atoms with Gasteiger partial charge < -0.3 is 15.5 Å². The van der Waals surface area contributed by atoms with Crippen LogP contribution in [0.15, 0.2) is 12.4 Å². The first-order valence-corrected chi connectivity index (χ1v) is 9.60. The van der Waals surface area contributed by atoms with Crippen LogP contribution in [0.2, 0.25) is 0 Å². The lowest BCUT2D eigenvalue weighted by atomic mass is 10.1. The number of nitrogens with zero attached hydrogens (tertiary/aromatic N) is 4. The van der Waals surface area contributed by atoms with Crippen molar-refractivity contribution in [1.29, 1.82) is 0 Å². The molecule has 2 fully saturated rings. The van der Waals surface area contributed by atoms with Crippen molar-refractivity contribution in [2.75, 3.05) is 50.9 Å². The minimum atomic E-state index is -0.315. The molecule has 24 heavy (non-hydrogen) atoms. The highest BCUT2D eigenvalue weighted by molar-refractivity contribution is 7.97. The summed E-state index contributed by atoms with van der Waals surface area (Å²) >= 11 is 1.98. The SMILES string of the molecule is CN1CCC(N(C)SC2CCN(c3c(N)cncc3F)CC2)CC1. The summed E-state index contributed by atoms with van der Waals surface area (Å²) in [4.78, 5) is 8.28. The number of nitrogen functional groups attached to an aromatic ring is 1. The molecule has 0 saturated carbocycles. The van der Waals surface area contributed by atoms with Crippen molar-refractivity contribution in [2.24, 2.45) is 0 Å². The van der Waals surface area contributed by atoms with Gasteiger partial charge >= 0.3 is 0 Å². The van der Waals surface area contributed by atoms with Gasteiger partial charge in [-0.1, -0.05) is 11.9 Å². The normalized spacial score (nSPS) is 21.6. The molecule has 0 radical (unpaired) electrons. The molecule has 2 N–H and O–H groups in total. The first-order valence-electron chi connectivity index (χ1n) is 8.76. The number of hydrogen-bond acceptors (Lipinski definition) is 6. The minimum Gasteiger partial charge on any atom is -0.396 e. The first-order chi connectivity index (χ1) is 11.5. The molecule has 0 amide bonds. The van der Waals surface area contributed by atoms with Crippen LogP contribution in [-0.4, -0.2) is 65.8 Å². The number of likely N-dealkylation sites (tertiary alicyclic amines) is 1. The zero-order valence-electron chi connectivity index (χ0n) is 14.6. The van der Waals surface area contributed by atoms with Crippen molar-refractivity contribution < 1.29 is 4.39 Å². The van der Waals surface area contributed by atoms with Crippen LogP contribution in [0.25, 0.3) is 0 Å². The molecule has 2 aliphatic rings. The smallest absolute Gasteiger partial charge is 0.166 e. The lowest BCUT2D eigenvalue weighted by Crippen LogP contribution is -2.41. The Morgan fingerprint density at radius 3 is 2.46 bits per heavy atom. The third-order valence-electron chi connectivity index (χ3n) is 5.18. The summed E-state index contributed by atoms with van der Waals surface area (Å²) in [6, 6.07) is 0.678. The van der Waals surface area contributed by atoms with Gasteiger partial charge in [-0.2, -0.15) is 0 Å². The molecule has 3 rings (SSSR count). The fourth-order valence-corrected chi connectivity index (χ4v) is 4.92. The van der Waals surface area contributed by atoms with Crippen molar-refractivity contribution in [2.45, 2.75) is 37.0 Å². The fourth-order valence-electron chi connectivity index (χ4n) is 3.64. The third-order valence-corrected chi connectivity index (χ3v) is 6.58. The number of nitrogens with two attached hydrogens (primary N) is 1. The van der Waals surface area contributed by atoms with E-state index in [0.29, 0.717) is 22.7 Å². The standard InChI is InChI=1S/C17H28FN5S/c1-21-7-3-13(4-8-21)22(2)24-14-5-9-23(10-6-14)17-15(18)11-20-12-16(17)19/h11-14H,3-10,19H2,1-2H3. The minimum absolute atomic E-state index is 0.315. The predicted molar refractivity (Wildman–Crippen MR) is 99.7 cm³/mol. The second kappa shape index (κ2) is 7.89. The lowest BCUT2D eigenvalue weighted by Gasteiger charge is -2.39. The number of pyridine rings is 1. The van der Waals surface area contributed by atoms with Gasteiger partial charge in [0.15, 0.2) is 5.82 Å². The van der Waals surface area contributed by atoms with E-state index < -0.39 is 0 Å². The average Bonchev–Trinajstić information content (AvgIpc) is 2.57. The number of hydrogen-bond donors (Lipinski definition) is 1. The van der Waals surface area contributed by atoms with Gasteiger partial charge in [0.2, 0.25) is 0 Å². The maximum absolute atomic E-state index is 14.0. The monoisotopic (exact) mass is 353 g/mol. The Morgan fingerprint density at radius 2 is 1.83 bits per heavy atom. The number of piperidine rings is 2. The summed E-state index contributed by atoms with van der Waals surface area (Å²) in [5.74, 6) is -0.315. The van der Waals surface area contributed by atoms with Crippen LogP contribution in [0.4, 0.5) is 15.8 Å². The van der Waals surface area contributed by atoms with Crippen LogP contribution in [-0.2, 0) is 0 Å². The molecular formula is C17H28FN5S. The Balaban J connectivity index is 1.50. The molecule has 5 nitrogen and oxygen atoms in total. The van der Waals surface area contributed by atoms with E-state index in [4.69, 9.17) is 5.73 Å². The molecule has 0 aromatic carbocycles. The van der Waals surface area contributed by atoms with Gasteiger partial charge in [-0.25, -0.2) is 4.39 Å². The maximum atomic E-state index is 14.0. The molecule has 0 atom stereocenters. The fraction of sp³-hybridized carbons (Fsp3) is 0.706. The Bertz CT molecular complexity index is 522. The summed E-state index contributed by atoms with van der Waals surface area (Å²) < 4.78 is 16.5. The number of aromatic nitrogens is 1. The summed E-state index contributed by atoms with van der Waals surface area (Å²) in [5.41, 5.74) is 6.87. The third kappa shape index (κ3) is 4.13. The second-order valence-electron chi connectivity index (χ2n) is 6.93. The molecule has 0 unspecified atom stereocenters. The molecule has 0 spiro atoms. The lowest BCUT2D eigenvalue weighted by molar-refractivity contribution is 0.204. The highest BCUT2D eigenvalue weighted by Gasteiger charge is 2.27. The highest BCUT2D eigenvalue weighted by atomic mass is 32.2. The molecule has 7 heteroatoms. The summed E-state index contributed by atoms with van der Waals surface area (Å²) in [6.07, 6.45) is 7.40. The van der Waals surface area contributed by atoms with E-state index in [1.807, 2.05) is 11.9 Å². The van der Waals surface area contributed by atoms with Gasteiger partial charge in [-0.3, -0.25) is 9.29 Å². The van der Waals surface area contributed by atoms with E-state index in [0.717, 1.165) is 25.9 Å². The van der Waals surface area contributed by atoms with Crippen molar-refractivity contribution in [3.05, 3.63) is 18.2 Å². The van der Waals surface area contributed by atoms with Gasteiger partial charge in [0.25, 0.3) is 0 Å². The van der Waals surface area contributed by atoms with Crippen molar-refractivity contribution in [3.8, 4) is 0 Å². The number of anilines is 2. The van der Waals surface area contributed by atoms with E-state index >= 15 is 0 Å². The van der Waals surface area contributed by atoms with Crippen LogP contribution < -0.4 is 10.6 Å². The van der Waals surface area contributed by atoms with Crippen molar-refractivity contribution >= 4 is 23.3 Å². The van der Waals surface area contributed by atoms with Crippen LogP contribution in [0.5, 0.6) is 0 Å². The highest BCUT2D eigenvalue weighted by Crippen LogP contribution is 2.33. The Hall–Kier alpha value is -1.05. The van der Waals surface area contributed by atoms with E-state index in [-0.39, 0.29) is 5.82 Å². The molecule has 0 bridgehead atoms. The van der Waals surface area contributed by atoms with Crippen LogP contribution in [0.3, 0.4) is 0 Å². The summed E-state index contributed by atoms with van der Waals surface area (Å²) in [5, 5.41) is 0.608. The summed E-state index contributed by atoms with van der Waals surface area (Å²) in [6.45, 7) is 4.08. The average molecular weight is 354 g/mol. The van der Waals surface area contributed by atoms with Crippen LogP contribution >= 0.6 is 11.9 Å². The first kappa shape index (κ1) is 17.8. The van der Waals surface area contributed by atoms with E-state index in [9.17, 15) is 4.39 Å².